The molecule has 1 atom stereocenters. The predicted molar refractivity (Wildman–Crippen MR) is 81.6 cm³/mol. The second-order valence-corrected chi connectivity index (χ2v) is 6.58. The molecule has 1 saturated heterocycles. The van der Waals surface area contributed by atoms with Gasteiger partial charge < -0.3 is 15.8 Å². The summed E-state index contributed by atoms with van der Waals surface area (Å²) >= 11 is 0. The van der Waals surface area contributed by atoms with Gasteiger partial charge in [-0.1, -0.05) is 0 Å². The van der Waals surface area contributed by atoms with Gasteiger partial charge in [0.05, 0.1) is 6.10 Å². The Hall–Kier alpha value is -0.650. The largest absolute Gasteiger partial charge is 0.378 e. The molecule has 1 unspecified atom stereocenters. The highest BCUT2D eigenvalue weighted by atomic mass is 16.5. The molecule has 5 heteroatoms. The van der Waals surface area contributed by atoms with Crippen molar-refractivity contribution in [3.05, 3.63) is 0 Å². The molecule has 0 saturated carbocycles. The minimum Gasteiger partial charge on any atom is -0.378 e. The van der Waals surface area contributed by atoms with Gasteiger partial charge in [0.25, 0.3) is 0 Å². The van der Waals surface area contributed by atoms with Gasteiger partial charge in [-0.3, -0.25) is 9.69 Å². The smallest absolute Gasteiger partial charge is 0.222 e. The van der Waals surface area contributed by atoms with Gasteiger partial charge in [-0.05, 0) is 40.5 Å². The molecule has 118 valence electrons. The summed E-state index contributed by atoms with van der Waals surface area (Å²) in [4.78, 5) is 14.4. The number of amides is 1. The van der Waals surface area contributed by atoms with Crippen LogP contribution in [0.15, 0.2) is 0 Å². The van der Waals surface area contributed by atoms with Crippen molar-refractivity contribution >= 4 is 5.91 Å². The van der Waals surface area contributed by atoms with Crippen LogP contribution in [0.5, 0.6) is 0 Å². The molecular formula is C15H31N3O2. The summed E-state index contributed by atoms with van der Waals surface area (Å²) in [5, 5.41) is 3.01. The Labute approximate surface area is 123 Å². The van der Waals surface area contributed by atoms with E-state index in [1.54, 1.807) is 0 Å². The number of carbonyl (C=O) groups is 1. The van der Waals surface area contributed by atoms with Gasteiger partial charge in [-0.25, -0.2) is 0 Å². The normalized spacial score (nSPS) is 19.9. The molecule has 20 heavy (non-hydrogen) atoms. The van der Waals surface area contributed by atoms with Crippen LogP contribution in [0.3, 0.4) is 0 Å². The lowest BCUT2D eigenvalue weighted by Gasteiger charge is -2.37. The first-order valence-corrected chi connectivity index (χ1v) is 7.72. The molecule has 0 aliphatic carbocycles. The zero-order valence-corrected chi connectivity index (χ0v) is 13.4. The van der Waals surface area contributed by atoms with Crippen molar-refractivity contribution in [3.63, 3.8) is 0 Å². The number of carbonyl (C=O) groups excluding carboxylic acids is 1. The molecule has 0 radical (unpaired) electrons. The summed E-state index contributed by atoms with van der Waals surface area (Å²) in [5.41, 5.74) is 5.67. The van der Waals surface area contributed by atoms with Gasteiger partial charge in [0.15, 0.2) is 0 Å². The third-order valence-corrected chi connectivity index (χ3v) is 3.60. The monoisotopic (exact) mass is 285 g/mol. The molecule has 0 spiro atoms. The number of nitrogens with two attached hydrogens (primary N) is 1. The molecular weight excluding hydrogens is 254 g/mol. The third kappa shape index (κ3) is 6.20. The van der Waals surface area contributed by atoms with E-state index in [0.717, 1.165) is 32.5 Å². The van der Waals surface area contributed by atoms with E-state index < -0.39 is 0 Å². The number of rotatable bonds is 6. The topological polar surface area (TPSA) is 67.6 Å². The highest BCUT2D eigenvalue weighted by Crippen LogP contribution is 2.17. The fourth-order valence-corrected chi connectivity index (χ4v) is 2.69. The third-order valence-electron chi connectivity index (χ3n) is 3.60. The molecule has 1 rings (SSSR count). The maximum Gasteiger partial charge on any atom is 0.222 e. The van der Waals surface area contributed by atoms with Crippen molar-refractivity contribution < 1.29 is 9.53 Å². The number of likely N-dealkylation sites (tertiary alicyclic amines) is 1. The number of piperidine rings is 1. The Balaban J connectivity index is 2.41. The number of hydrogen-bond donors (Lipinski definition) is 2. The average Bonchev–Trinajstić information content (AvgIpc) is 2.35. The van der Waals surface area contributed by atoms with E-state index in [-0.39, 0.29) is 17.5 Å². The lowest BCUT2D eigenvalue weighted by Crippen LogP contribution is -2.50. The number of ether oxygens (including phenoxy) is 1. The Morgan fingerprint density at radius 3 is 2.45 bits per heavy atom. The first-order valence-electron chi connectivity index (χ1n) is 7.72. The van der Waals surface area contributed by atoms with Crippen LogP contribution in [0.1, 0.15) is 47.0 Å². The van der Waals surface area contributed by atoms with Crippen molar-refractivity contribution in [3.8, 4) is 0 Å². The van der Waals surface area contributed by atoms with Crippen molar-refractivity contribution in [2.75, 3.05) is 26.2 Å². The molecule has 5 nitrogen and oxygen atoms in total. The molecule has 0 aromatic rings. The highest BCUT2D eigenvalue weighted by Gasteiger charge is 2.26. The summed E-state index contributed by atoms with van der Waals surface area (Å²) in [6.45, 7) is 11.3. The van der Waals surface area contributed by atoms with Crippen LogP contribution in [-0.4, -0.2) is 54.7 Å². The maximum absolute atomic E-state index is 12.0. The second kappa shape index (κ2) is 7.96. The molecule has 1 fully saturated rings. The van der Waals surface area contributed by atoms with Crippen molar-refractivity contribution in [2.45, 2.75) is 64.6 Å². The van der Waals surface area contributed by atoms with Crippen LogP contribution in [0.4, 0.5) is 0 Å². The number of nitrogens with zero attached hydrogens (tertiary/aromatic N) is 1. The molecule has 1 heterocycles. The first-order chi connectivity index (χ1) is 9.35. The van der Waals surface area contributed by atoms with E-state index in [1.165, 1.54) is 0 Å². The van der Waals surface area contributed by atoms with Gasteiger partial charge in [0.1, 0.15) is 0 Å². The maximum atomic E-state index is 12.0. The zero-order chi connectivity index (χ0) is 15.2. The fourth-order valence-electron chi connectivity index (χ4n) is 2.69. The summed E-state index contributed by atoms with van der Waals surface area (Å²) in [5.74, 6) is 0.0832. The van der Waals surface area contributed by atoms with Gasteiger partial charge in [-0.2, -0.15) is 0 Å². The molecule has 0 aromatic heterocycles. The lowest BCUT2D eigenvalue weighted by atomic mass is 10.0. The van der Waals surface area contributed by atoms with E-state index in [2.05, 4.69) is 10.2 Å². The Morgan fingerprint density at radius 2 is 2.00 bits per heavy atom. The fraction of sp³-hybridized carbons (Fsp3) is 0.933. The number of nitrogens with one attached hydrogen (secondary N) is 1. The molecule has 0 aromatic carbocycles. The SMILES string of the molecule is CCOC1CCN(C(CN)CC(=O)NC(C)(C)C)CC1. The van der Waals surface area contributed by atoms with Gasteiger partial charge in [-0.15, -0.1) is 0 Å². The number of hydrogen-bond acceptors (Lipinski definition) is 4. The average molecular weight is 285 g/mol. The van der Waals surface area contributed by atoms with E-state index in [0.29, 0.717) is 19.1 Å². The molecule has 1 aliphatic rings. The molecule has 1 aliphatic heterocycles. The summed E-state index contributed by atoms with van der Waals surface area (Å²) in [6.07, 6.45) is 2.92. The van der Waals surface area contributed by atoms with Crippen LogP contribution in [0.2, 0.25) is 0 Å². The lowest BCUT2D eigenvalue weighted by molar-refractivity contribution is -0.124. The van der Waals surface area contributed by atoms with Crippen molar-refractivity contribution in [2.24, 2.45) is 5.73 Å². The van der Waals surface area contributed by atoms with Crippen LogP contribution in [0.25, 0.3) is 0 Å². The Bertz CT molecular complexity index is 294. The van der Waals surface area contributed by atoms with Gasteiger partial charge in [0, 0.05) is 44.2 Å². The quantitative estimate of drug-likeness (QED) is 0.767. The summed E-state index contributed by atoms with van der Waals surface area (Å²) in [6, 6.07) is 0.139. The van der Waals surface area contributed by atoms with E-state index in [9.17, 15) is 4.79 Å². The minimum absolute atomic E-state index is 0.0832. The van der Waals surface area contributed by atoms with Crippen LogP contribution in [0, 0.1) is 0 Å². The van der Waals surface area contributed by atoms with Gasteiger partial charge >= 0.3 is 0 Å². The summed E-state index contributed by atoms with van der Waals surface area (Å²) in [7, 11) is 0. The van der Waals surface area contributed by atoms with E-state index in [4.69, 9.17) is 10.5 Å². The summed E-state index contributed by atoms with van der Waals surface area (Å²) < 4.78 is 5.65. The zero-order valence-electron chi connectivity index (χ0n) is 13.4. The van der Waals surface area contributed by atoms with Crippen LogP contribution >= 0.6 is 0 Å². The van der Waals surface area contributed by atoms with Crippen molar-refractivity contribution in [1.29, 1.82) is 0 Å². The van der Waals surface area contributed by atoms with Crippen LogP contribution < -0.4 is 11.1 Å². The molecule has 0 bridgehead atoms. The van der Waals surface area contributed by atoms with E-state index in [1.807, 2.05) is 27.7 Å². The first kappa shape index (κ1) is 17.4. The van der Waals surface area contributed by atoms with Crippen molar-refractivity contribution in [1.82, 2.24) is 10.2 Å². The Morgan fingerprint density at radius 1 is 1.40 bits per heavy atom. The minimum atomic E-state index is -0.182. The van der Waals surface area contributed by atoms with Crippen LogP contribution in [-0.2, 0) is 9.53 Å². The standard InChI is InChI=1S/C15H31N3O2/c1-5-20-13-6-8-18(9-7-13)12(11-16)10-14(19)17-15(2,3)4/h12-13H,5-11,16H2,1-4H3,(H,17,19). The Kier molecular flexibility index (Phi) is 6.92. The second-order valence-electron chi connectivity index (χ2n) is 6.58. The predicted octanol–water partition coefficient (Wildman–Crippen LogP) is 1.12. The molecule has 1 amide bonds. The van der Waals surface area contributed by atoms with Gasteiger partial charge in [0.2, 0.25) is 5.91 Å². The molecule has 3 N–H and O–H groups in total. The van der Waals surface area contributed by atoms with E-state index >= 15 is 0 Å². The highest BCUT2D eigenvalue weighted by molar-refractivity contribution is 5.77.